The molecule has 0 amide bonds. The first-order chi connectivity index (χ1) is 11.6. The summed E-state index contributed by atoms with van der Waals surface area (Å²) in [4.78, 5) is 13.8. The quantitative estimate of drug-likeness (QED) is 0.380. The Kier molecular flexibility index (Phi) is 7.68. The van der Waals surface area contributed by atoms with Gasteiger partial charge in [-0.2, -0.15) is 4.37 Å². The van der Waals surface area contributed by atoms with Crippen LogP contribution in [-0.4, -0.2) is 70.2 Å². The van der Waals surface area contributed by atoms with Crippen molar-refractivity contribution in [3.05, 3.63) is 5.82 Å². The zero-order valence-electron chi connectivity index (χ0n) is 15.1. The van der Waals surface area contributed by atoms with E-state index in [-0.39, 0.29) is 24.0 Å². The Morgan fingerprint density at radius 1 is 1.28 bits per heavy atom. The number of nitrogens with one attached hydrogen (secondary N) is 1. The lowest BCUT2D eigenvalue weighted by atomic mass is 9.80. The van der Waals surface area contributed by atoms with E-state index in [1.54, 1.807) is 0 Å². The van der Waals surface area contributed by atoms with Crippen molar-refractivity contribution < 1.29 is 5.11 Å². The Balaban J connectivity index is 0.00000225. The van der Waals surface area contributed by atoms with E-state index in [0.717, 1.165) is 75.3 Å². The molecule has 0 spiro atoms. The number of guanidine groups is 1. The molecule has 2 fully saturated rings. The maximum Gasteiger partial charge on any atom is 0.205 e. The van der Waals surface area contributed by atoms with Crippen molar-refractivity contribution in [2.24, 2.45) is 4.99 Å². The maximum atomic E-state index is 10.3. The molecule has 1 aliphatic heterocycles. The molecule has 0 aromatic carbocycles. The minimum Gasteiger partial charge on any atom is -0.388 e. The van der Waals surface area contributed by atoms with Gasteiger partial charge < -0.3 is 20.2 Å². The lowest BCUT2D eigenvalue weighted by molar-refractivity contribution is -0.0237. The average Bonchev–Trinajstić information content (AvgIpc) is 3.06. The van der Waals surface area contributed by atoms with Crippen LogP contribution in [0.2, 0.25) is 0 Å². The molecule has 3 rings (SSSR count). The minimum atomic E-state index is -0.564. The predicted octanol–water partition coefficient (Wildman–Crippen LogP) is 1.72. The summed E-state index contributed by atoms with van der Waals surface area (Å²) in [6, 6.07) is 0. The molecule has 2 N–H and O–H groups in total. The first-order valence-electron chi connectivity index (χ1n) is 8.97. The summed E-state index contributed by atoms with van der Waals surface area (Å²) >= 11 is 1.49. The number of aromatic nitrogens is 2. The molecule has 1 aromatic rings. The van der Waals surface area contributed by atoms with Crippen LogP contribution in [0.4, 0.5) is 5.13 Å². The van der Waals surface area contributed by atoms with Gasteiger partial charge in [0, 0.05) is 50.7 Å². The van der Waals surface area contributed by atoms with Gasteiger partial charge in [0.1, 0.15) is 5.82 Å². The standard InChI is InChI=1S/C16H28N6OS.HI/c1-3-13-19-15(24-20-13)22-10-8-21(9-11-22)14(17-4-2)18-12-16(23)6-5-7-16;/h23H,3-12H2,1-2H3,(H,17,18);1H. The van der Waals surface area contributed by atoms with Crippen molar-refractivity contribution in [3.63, 3.8) is 0 Å². The summed E-state index contributed by atoms with van der Waals surface area (Å²) in [5, 5.41) is 14.7. The van der Waals surface area contributed by atoms with Gasteiger partial charge in [0.05, 0.1) is 12.1 Å². The Hall–Kier alpha value is -0.680. The molecule has 1 aromatic heterocycles. The second-order valence-electron chi connectivity index (χ2n) is 6.57. The molecule has 1 aliphatic carbocycles. The van der Waals surface area contributed by atoms with Gasteiger partial charge in [-0.3, -0.25) is 4.99 Å². The van der Waals surface area contributed by atoms with Crippen LogP contribution in [-0.2, 0) is 6.42 Å². The van der Waals surface area contributed by atoms with Gasteiger partial charge in [-0.05, 0) is 26.2 Å². The first kappa shape index (κ1) is 20.6. The lowest BCUT2D eigenvalue weighted by Gasteiger charge is -2.38. The molecule has 0 atom stereocenters. The molecule has 2 aliphatic rings. The molecule has 1 saturated carbocycles. The average molecular weight is 480 g/mol. The molecule has 2 heterocycles. The van der Waals surface area contributed by atoms with Crippen LogP contribution in [0.5, 0.6) is 0 Å². The minimum absolute atomic E-state index is 0. The molecular formula is C16H29IN6OS. The zero-order chi connectivity index (χ0) is 17.0. The summed E-state index contributed by atoms with van der Waals surface area (Å²) in [6.07, 6.45) is 3.75. The molecule has 0 unspecified atom stereocenters. The monoisotopic (exact) mass is 480 g/mol. The molecule has 0 bridgehead atoms. The lowest BCUT2D eigenvalue weighted by Crippen LogP contribution is -2.53. The highest BCUT2D eigenvalue weighted by Crippen LogP contribution is 2.31. The number of hydrogen-bond donors (Lipinski definition) is 2. The Bertz CT molecular complexity index is 569. The number of aryl methyl sites for hydroxylation is 1. The summed E-state index contributed by atoms with van der Waals surface area (Å²) in [5.41, 5.74) is -0.564. The van der Waals surface area contributed by atoms with Gasteiger partial charge in [-0.1, -0.05) is 6.92 Å². The Morgan fingerprint density at radius 3 is 2.52 bits per heavy atom. The third kappa shape index (κ3) is 5.16. The smallest absolute Gasteiger partial charge is 0.205 e. The van der Waals surface area contributed by atoms with E-state index in [1.165, 1.54) is 11.5 Å². The van der Waals surface area contributed by atoms with Gasteiger partial charge in [0.25, 0.3) is 0 Å². The number of anilines is 1. The van der Waals surface area contributed by atoms with Crippen molar-refractivity contribution in [2.75, 3.05) is 44.2 Å². The molecule has 0 radical (unpaired) electrons. The second-order valence-corrected chi connectivity index (χ2v) is 7.30. The van der Waals surface area contributed by atoms with E-state index in [1.807, 2.05) is 0 Å². The van der Waals surface area contributed by atoms with E-state index in [2.05, 4.69) is 43.3 Å². The fourth-order valence-corrected chi connectivity index (χ4v) is 3.82. The maximum absolute atomic E-state index is 10.3. The number of halogens is 1. The van der Waals surface area contributed by atoms with Gasteiger partial charge in [0.15, 0.2) is 5.96 Å². The SMILES string of the molecule is CCNC(=NCC1(O)CCC1)N1CCN(c2nc(CC)ns2)CC1.I. The van der Waals surface area contributed by atoms with Crippen molar-refractivity contribution in [1.82, 2.24) is 19.6 Å². The normalized spacial score (nSPS) is 20.0. The molecular weight excluding hydrogens is 451 g/mol. The fraction of sp³-hybridized carbons (Fsp3) is 0.812. The van der Waals surface area contributed by atoms with Gasteiger partial charge in [-0.15, -0.1) is 24.0 Å². The summed E-state index contributed by atoms with van der Waals surface area (Å²) in [7, 11) is 0. The summed E-state index contributed by atoms with van der Waals surface area (Å²) < 4.78 is 4.38. The predicted molar refractivity (Wildman–Crippen MR) is 113 cm³/mol. The summed E-state index contributed by atoms with van der Waals surface area (Å²) in [5.74, 6) is 1.85. The fourth-order valence-electron chi connectivity index (χ4n) is 3.02. The van der Waals surface area contributed by atoms with Crippen LogP contribution < -0.4 is 10.2 Å². The number of nitrogens with zero attached hydrogens (tertiary/aromatic N) is 5. The number of hydrogen-bond acceptors (Lipinski definition) is 6. The van der Waals surface area contributed by atoms with Crippen LogP contribution in [0.15, 0.2) is 4.99 Å². The molecule has 142 valence electrons. The van der Waals surface area contributed by atoms with Gasteiger partial charge >= 0.3 is 0 Å². The highest BCUT2D eigenvalue weighted by atomic mass is 127. The van der Waals surface area contributed by atoms with Gasteiger partial charge in [0.2, 0.25) is 5.13 Å². The van der Waals surface area contributed by atoms with Crippen LogP contribution in [0.25, 0.3) is 0 Å². The third-order valence-corrected chi connectivity index (χ3v) is 5.58. The van der Waals surface area contributed by atoms with Crippen molar-refractivity contribution in [1.29, 1.82) is 0 Å². The molecule has 9 heteroatoms. The number of aliphatic hydroxyl groups is 1. The van der Waals surface area contributed by atoms with Crippen molar-refractivity contribution in [2.45, 2.75) is 45.1 Å². The van der Waals surface area contributed by atoms with E-state index in [0.29, 0.717) is 6.54 Å². The zero-order valence-corrected chi connectivity index (χ0v) is 18.2. The number of rotatable bonds is 5. The van der Waals surface area contributed by atoms with Crippen LogP contribution >= 0.6 is 35.5 Å². The Morgan fingerprint density at radius 2 is 2.00 bits per heavy atom. The van der Waals surface area contributed by atoms with Crippen LogP contribution in [0.1, 0.15) is 38.9 Å². The first-order valence-corrected chi connectivity index (χ1v) is 9.74. The van der Waals surface area contributed by atoms with E-state index in [9.17, 15) is 5.11 Å². The van der Waals surface area contributed by atoms with E-state index in [4.69, 9.17) is 0 Å². The van der Waals surface area contributed by atoms with Crippen molar-refractivity contribution >= 4 is 46.6 Å². The Labute approximate surface area is 171 Å². The largest absolute Gasteiger partial charge is 0.388 e. The second kappa shape index (κ2) is 9.31. The summed E-state index contributed by atoms with van der Waals surface area (Å²) in [6.45, 7) is 9.17. The van der Waals surface area contributed by atoms with Crippen LogP contribution in [0, 0.1) is 0 Å². The van der Waals surface area contributed by atoms with E-state index >= 15 is 0 Å². The van der Waals surface area contributed by atoms with Crippen LogP contribution in [0.3, 0.4) is 0 Å². The third-order valence-electron chi connectivity index (χ3n) is 4.77. The topological polar surface area (TPSA) is 76.9 Å². The van der Waals surface area contributed by atoms with Crippen molar-refractivity contribution in [3.8, 4) is 0 Å². The molecule has 25 heavy (non-hydrogen) atoms. The molecule has 7 nitrogen and oxygen atoms in total. The molecule has 1 saturated heterocycles. The number of piperazine rings is 1. The highest BCUT2D eigenvalue weighted by Gasteiger charge is 2.34. The number of aliphatic imine (C=N–C) groups is 1. The highest BCUT2D eigenvalue weighted by molar-refractivity contribution is 14.0. The van der Waals surface area contributed by atoms with Gasteiger partial charge in [-0.25, -0.2) is 4.98 Å². The van der Waals surface area contributed by atoms with E-state index < -0.39 is 5.60 Å².